The van der Waals surface area contributed by atoms with E-state index in [1.54, 1.807) is 0 Å². The number of phosphoric acid groups is 1. The van der Waals surface area contributed by atoms with Gasteiger partial charge >= 0.3 is 19.8 Å². The van der Waals surface area contributed by atoms with Gasteiger partial charge in [-0.2, -0.15) is 0 Å². The molecule has 0 aliphatic heterocycles. The molecule has 0 amide bonds. The summed E-state index contributed by atoms with van der Waals surface area (Å²) in [5.41, 5.74) is 5.39. The monoisotopic (exact) mass is 1080 g/mol. The summed E-state index contributed by atoms with van der Waals surface area (Å²) in [5, 5.41) is 0. The number of rotatable bonds is 63. The van der Waals surface area contributed by atoms with Crippen LogP contribution < -0.4 is 5.73 Å². The van der Waals surface area contributed by atoms with Gasteiger partial charge in [-0.1, -0.05) is 314 Å². The molecule has 0 aromatic heterocycles. The minimum Gasteiger partial charge on any atom is -0.462 e. The Balaban J connectivity index is 3.84. The zero-order chi connectivity index (χ0) is 54.5. The fraction of sp³-hybridized carbons (Fsp3) is 0.908. The summed E-state index contributed by atoms with van der Waals surface area (Å²) in [5.74, 6) is -0.810. The number of hydrogen-bond donors (Lipinski definition) is 2. The van der Waals surface area contributed by atoms with Crippen molar-refractivity contribution in [1.29, 1.82) is 0 Å². The average molecular weight is 1080 g/mol. The SMILES string of the molecule is CCCCCCC/C=C\C/C=C\CCCCCCCCCCCCCC(=O)OC(COC(=O)CCCCCCCCCCCCCCCCCCCCCCCCCCCCCCCCC)COP(=O)(O)OCCN. The molecule has 3 N–H and O–H groups in total. The number of nitrogens with two attached hydrogens (primary N) is 1. The largest absolute Gasteiger partial charge is 0.472 e. The van der Waals surface area contributed by atoms with Gasteiger partial charge in [0.1, 0.15) is 6.61 Å². The highest BCUT2D eigenvalue weighted by atomic mass is 31.2. The minimum atomic E-state index is -4.39. The summed E-state index contributed by atoms with van der Waals surface area (Å²) in [7, 11) is -4.39. The standard InChI is InChI=1S/C65H126NO8P/c1-3-5-7-9-11-13-15-17-19-21-23-25-27-28-29-30-31-32-33-34-36-37-39-41-43-45-47-49-51-53-55-57-64(67)71-61-63(62-73-75(69,70)72-60-59-66)74-65(68)58-56-54-52-50-48-46-44-42-40-38-35-26-24-22-20-18-16-14-12-10-8-6-4-2/h16,18,22,24,63H,3-15,17,19-21,23,25-62,66H2,1-2H3,(H,69,70)/b18-16-,24-22-. The third-order valence-corrected chi connectivity index (χ3v) is 15.8. The molecule has 0 rings (SSSR count). The van der Waals surface area contributed by atoms with E-state index < -0.39 is 26.5 Å². The summed E-state index contributed by atoms with van der Waals surface area (Å²) in [6.45, 7) is 3.80. The molecule has 0 bridgehead atoms. The maximum absolute atomic E-state index is 12.7. The van der Waals surface area contributed by atoms with Crippen molar-refractivity contribution in [1.82, 2.24) is 0 Å². The third kappa shape index (κ3) is 61.6. The predicted octanol–water partition coefficient (Wildman–Crippen LogP) is 21.0. The van der Waals surface area contributed by atoms with E-state index >= 15 is 0 Å². The fourth-order valence-corrected chi connectivity index (χ4v) is 10.7. The highest BCUT2D eigenvalue weighted by molar-refractivity contribution is 7.47. The quantitative estimate of drug-likeness (QED) is 0.0264. The van der Waals surface area contributed by atoms with Gasteiger partial charge in [-0.3, -0.25) is 18.6 Å². The van der Waals surface area contributed by atoms with E-state index in [-0.39, 0.29) is 38.6 Å². The normalized spacial score (nSPS) is 13.1. The van der Waals surface area contributed by atoms with Crippen LogP contribution in [0.15, 0.2) is 24.3 Å². The molecule has 444 valence electrons. The number of esters is 2. The highest BCUT2D eigenvalue weighted by Gasteiger charge is 2.26. The molecule has 0 spiro atoms. The highest BCUT2D eigenvalue weighted by Crippen LogP contribution is 2.43. The van der Waals surface area contributed by atoms with Crippen molar-refractivity contribution in [3.63, 3.8) is 0 Å². The van der Waals surface area contributed by atoms with E-state index in [1.807, 2.05) is 0 Å². The van der Waals surface area contributed by atoms with Crippen LogP contribution in [-0.4, -0.2) is 49.3 Å². The Morgan fingerprint density at radius 1 is 0.400 bits per heavy atom. The van der Waals surface area contributed by atoms with Crippen molar-refractivity contribution >= 4 is 19.8 Å². The van der Waals surface area contributed by atoms with Crippen molar-refractivity contribution < 1.29 is 37.6 Å². The van der Waals surface area contributed by atoms with Gasteiger partial charge < -0.3 is 20.1 Å². The van der Waals surface area contributed by atoms with Gasteiger partial charge in [0.05, 0.1) is 13.2 Å². The molecule has 75 heavy (non-hydrogen) atoms. The Kier molecular flexibility index (Phi) is 60.5. The van der Waals surface area contributed by atoms with E-state index in [2.05, 4.69) is 38.2 Å². The molecule has 0 saturated carbocycles. The van der Waals surface area contributed by atoms with Gasteiger partial charge in [-0.15, -0.1) is 0 Å². The third-order valence-electron chi connectivity index (χ3n) is 14.8. The topological polar surface area (TPSA) is 134 Å². The van der Waals surface area contributed by atoms with E-state index in [9.17, 15) is 19.0 Å². The van der Waals surface area contributed by atoms with Gasteiger partial charge in [0, 0.05) is 19.4 Å². The fourth-order valence-electron chi connectivity index (χ4n) is 9.97. The second-order valence-corrected chi connectivity index (χ2v) is 23.8. The molecular formula is C65H126NO8P. The number of unbranched alkanes of at least 4 members (excludes halogenated alkanes) is 46. The molecule has 9 nitrogen and oxygen atoms in total. The molecule has 0 aromatic carbocycles. The van der Waals surface area contributed by atoms with Gasteiger partial charge in [0.15, 0.2) is 6.10 Å². The van der Waals surface area contributed by atoms with E-state index in [0.717, 1.165) is 44.9 Å². The Labute approximate surface area is 465 Å². The van der Waals surface area contributed by atoms with E-state index in [4.69, 9.17) is 24.3 Å². The molecule has 0 aromatic rings. The van der Waals surface area contributed by atoms with E-state index in [1.165, 1.54) is 270 Å². The summed E-state index contributed by atoms with van der Waals surface area (Å²) in [4.78, 5) is 35.3. The number of carbonyl (C=O) groups excluding carboxylic acids is 2. The Morgan fingerprint density at radius 3 is 1.01 bits per heavy atom. The number of ether oxygens (including phenoxy) is 2. The molecule has 2 unspecified atom stereocenters. The van der Waals surface area contributed by atoms with Crippen LogP contribution in [0.25, 0.3) is 0 Å². The second-order valence-electron chi connectivity index (χ2n) is 22.3. The minimum absolute atomic E-state index is 0.0555. The zero-order valence-corrected chi connectivity index (χ0v) is 50.7. The lowest BCUT2D eigenvalue weighted by atomic mass is 10.0. The number of hydrogen-bond acceptors (Lipinski definition) is 8. The molecular weight excluding hydrogens is 954 g/mol. The summed E-state index contributed by atoms with van der Waals surface area (Å²) in [6.07, 6.45) is 74.1. The second kappa shape index (κ2) is 61.7. The van der Waals surface area contributed by atoms with Crippen LogP contribution in [0.2, 0.25) is 0 Å². The smallest absolute Gasteiger partial charge is 0.462 e. The first-order valence-corrected chi connectivity index (χ1v) is 34.3. The van der Waals surface area contributed by atoms with Gasteiger partial charge in [0.25, 0.3) is 0 Å². The van der Waals surface area contributed by atoms with Crippen LogP contribution in [0.5, 0.6) is 0 Å². The molecule has 0 aliphatic rings. The molecule has 0 radical (unpaired) electrons. The number of allylic oxidation sites excluding steroid dienone is 4. The molecule has 0 aliphatic carbocycles. The molecule has 0 fully saturated rings. The predicted molar refractivity (Wildman–Crippen MR) is 321 cm³/mol. The van der Waals surface area contributed by atoms with Crippen LogP contribution >= 0.6 is 7.82 Å². The van der Waals surface area contributed by atoms with E-state index in [0.29, 0.717) is 6.42 Å². The van der Waals surface area contributed by atoms with Crippen molar-refractivity contribution in [2.45, 2.75) is 354 Å². The van der Waals surface area contributed by atoms with Crippen LogP contribution in [0, 0.1) is 0 Å². The van der Waals surface area contributed by atoms with Crippen molar-refractivity contribution in [3.05, 3.63) is 24.3 Å². The van der Waals surface area contributed by atoms with Crippen molar-refractivity contribution in [3.8, 4) is 0 Å². The lowest BCUT2D eigenvalue weighted by molar-refractivity contribution is -0.161. The molecule has 2 atom stereocenters. The molecule has 0 heterocycles. The van der Waals surface area contributed by atoms with Crippen LogP contribution in [0.3, 0.4) is 0 Å². The Bertz CT molecular complexity index is 1280. The zero-order valence-electron chi connectivity index (χ0n) is 49.8. The maximum Gasteiger partial charge on any atom is 0.472 e. The first-order chi connectivity index (χ1) is 36.8. The lowest BCUT2D eigenvalue weighted by Crippen LogP contribution is -2.29. The molecule has 0 saturated heterocycles. The number of phosphoric ester groups is 1. The van der Waals surface area contributed by atoms with Crippen LogP contribution in [0.1, 0.15) is 348 Å². The van der Waals surface area contributed by atoms with Gasteiger partial charge in [-0.25, -0.2) is 4.57 Å². The Morgan fingerprint density at radius 2 is 0.693 bits per heavy atom. The van der Waals surface area contributed by atoms with Crippen molar-refractivity contribution in [2.24, 2.45) is 5.73 Å². The first kappa shape index (κ1) is 73.5. The summed E-state index contributed by atoms with van der Waals surface area (Å²) < 4.78 is 33.1. The molecule has 10 heteroatoms. The van der Waals surface area contributed by atoms with Crippen molar-refractivity contribution in [2.75, 3.05) is 26.4 Å². The van der Waals surface area contributed by atoms with Gasteiger partial charge in [0.2, 0.25) is 0 Å². The Hall–Kier alpha value is -1.51. The lowest BCUT2D eigenvalue weighted by Gasteiger charge is -2.19. The van der Waals surface area contributed by atoms with Gasteiger partial charge in [-0.05, 0) is 44.9 Å². The average Bonchev–Trinajstić information content (AvgIpc) is 3.40. The van der Waals surface area contributed by atoms with Crippen LogP contribution in [-0.2, 0) is 32.7 Å². The van der Waals surface area contributed by atoms with Crippen LogP contribution in [0.4, 0.5) is 0 Å². The summed E-state index contributed by atoms with van der Waals surface area (Å²) in [6, 6.07) is 0. The maximum atomic E-state index is 12.7. The number of carbonyl (C=O) groups is 2. The first-order valence-electron chi connectivity index (χ1n) is 32.8. The summed E-state index contributed by atoms with van der Waals surface area (Å²) >= 11 is 0.